The van der Waals surface area contributed by atoms with Crippen LogP contribution in [0.25, 0.3) is 0 Å². The van der Waals surface area contributed by atoms with Gasteiger partial charge in [0.05, 0.1) is 12.8 Å². The molecule has 132 valence electrons. The van der Waals surface area contributed by atoms with Gasteiger partial charge in [0, 0.05) is 17.6 Å². The number of hydrogen-bond acceptors (Lipinski definition) is 4. The lowest BCUT2D eigenvalue weighted by molar-refractivity contribution is 0.102. The highest BCUT2D eigenvalue weighted by Gasteiger charge is 2.11. The number of carbonyl (C=O) groups is 1. The van der Waals surface area contributed by atoms with Crippen LogP contribution in [-0.2, 0) is 0 Å². The van der Waals surface area contributed by atoms with Gasteiger partial charge >= 0.3 is 0 Å². The number of methoxy groups -OCH3 is 1. The van der Waals surface area contributed by atoms with Crippen LogP contribution in [0.15, 0.2) is 60.8 Å². The van der Waals surface area contributed by atoms with E-state index in [0.717, 1.165) is 33.9 Å². The van der Waals surface area contributed by atoms with E-state index in [-0.39, 0.29) is 5.91 Å². The normalized spacial score (nSPS) is 10.3. The van der Waals surface area contributed by atoms with E-state index in [1.165, 1.54) is 0 Å². The summed E-state index contributed by atoms with van der Waals surface area (Å²) in [7, 11) is 1.62. The van der Waals surface area contributed by atoms with Crippen molar-refractivity contribution in [3.05, 3.63) is 77.6 Å². The monoisotopic (exact) mass is 347 g/mol. The molecule has 1 aromatic heterocycles. The summed E-state index contributed by atoms with van der Waals surface area (Å²) < 4.78 is 5.34. The van der Waals surface area contributed by atoms with Crippen molar-refractivity contribution < 1.29 is 9.53 Å². The van der Waals surface area contributed by atoms with Crippen LogP contribution in [0.3, 0.4) is 0 Å². The number of carbonyl (C=O) groups excluding carboxylic acids is 1. The maximum atomic E-state index is 12.6. The third-order valence-electron chi connectivity index (χ3n) is 4.01. The molecule has 0 aliphatic heterocycles. The summed E-state index contributed by atoms with van der Waals surface area (Å²) >= 11 is 0. The largest absolute Gasteiger partial charge is 0.495 e. The summed E-state index contributed by atoms with van der Waals surface area (Å²) in [5, 5.41) is 6.17. The molecule has 5 nitrogen and oxygen atoms in total. The van der Waals surface area contributed by atoms with Crippen LogP contribution in [0.5, 0.6) is 5.75 Å². The van der Waals surface area contributed by atoms with E-state index in [4.69, 9.17) is 4.74 Å². The third kappa shape index (κ3) is 4.00. The number of nitrogens with one attached hydrogen (secondary N) is 2. The summed E-state index contributed by atoms with van der Waals surface area (Å²) in [6, 6.07) is 17.0. The minimum atomic E-state index is -0.249. The number of aryl methyl sites for hydroxylation is 2. The van der Waals surface area contributed by atoms with E-state index in [1.54, 1.807) is 25.4 Å². The third-order valence-corrected chi connectivity index (χ3v) is 4.01. The SMILES string of the molecule is COc1ccccc1Nc1ccnc(C(=O)Nc2ccc(C)cc2C)c1. The van der Waals surface area contributed by atoms with Crippen LogP contribution >= 0.6 is 0 Å². The molecule has 0 aliphatic rings. The molecule has 3 aromatic rings. The maximum absolute atomic E-state index is 12.6. The van der Waals surface area contributed by atoms with Gasteiger partial charge in [0.1, 0.15) is 11.4 Å². The van der Waals surface area contributed by atoms with E-state index in [0.29, 0.717) is 5.69 Å². The van der Waals surface area contributed by atoms with Gasteiger partial charge < -0.3 is 15.4 Å². The molecule has 3 rings (SSSR count). The second-order valence-corrected chi connectivity index (χ2v) is 6.03. The fraction of sp³-hybridized carbons (Fsp3) is 0.143. The highest BCUT2D eigenvalue weighted by Crippen LogP contribution is 2.27. The Bertz CT molecular complexity index is 938. The zero-order valence-corrected chi connectivity index (χ0v) is 15.0. The van der Waals surface area contributed by atoms with E-state index in [2.05, 4.69) is 15.6 Å². The Balaban J connectivity index is 1.79. The van der Waals surface area contributed by atoms with Gasteiger partial charge in [0.25, 0.3) is 5.91 Å². The first-order valence-electron chi connectivity index (χ1n) is 8.31. The molecule has 5 heteroatoms. The quantitative estimate of drug-likeness (QED) is 0.702. The zero-order valence-electron chi connectivity index (χ0n) is 15.0. The van der Waals surface area contributed by atoms with Crippen molar-refractivity contribution in [1.29, 1.82) is 0 Å². The Kier molecular flexibility index (Phi) is 5.17. The maximum Gasteiger partial charge on any atom is 0.274 e. The molecule has 0 radical (unpaired) electrons. The number of ether oxygens (including phenoxy) is 1. The lowest BCUT2D eigenvalue weighted by Gasteiger charge is -2.12. The molecule has 0 saturated heterocycles. The van der Waals surface area contributed by atoms with Gasteiger partial charge in [-0.1, -0.05) is 29.8 Å². The van der Waals surface area contributed by atoms with Crippen molar-refractivity contribution in [1.82, 2.24) is 4.98 Å². The summed E-state index contributed by atoms with van der Waals surface area (Å²) in [6.07, 6.45) is 1.61. The number of nitrogens with zero attached hydrogens (tertiary/aromatic N) is 1. The van der Waals surface area contributed by atoms with Crippen LogP contribution < -0.4 is 15.4 Å². The highest BCUT2D eigenvalue weighted by atomic mass is 16.5. The fourth-order valence-corrected chi connectivity index (χ4v) is 2.68. The molecule has 2 N–H and O–H groups in total. The minimum absolute atomic E-state index is 0.249. The van der Waals surface area contributed by atoms with Gasteiger partial charge in [-0.2, -0.15) is 0 Å². The molecule has 0 bridgehead atoms. The molecular weight excluding hydrogens is 326 g/mol. The first kappa shape index (κ1) is 17.5. The van der Waals surface area contributed by atoms with Crippen LogP contribution in [0, 0.1) is 13.8 Å². The summed E-state index contributed by atoms with van der Waals surface area (Å²) in [6.45, 7) is 3.99. The minimum Gasteiger partial charge on any atom is -0.495 e. The van der Waals surface area contributed by atoms with E-state index in [1.807, 2.05) is 56.3 Å². The smallest absolute Gasteiger partial charge is 0.274 e. The summed E-state index contributed by atoms with van der Waals surface area (Å²) in [5.41, 5.74) is 4.87. The molecule has 0 spiro atoms. The molecule has 26 heavy (non-hydrogen) atoms. The van der Waals surface area contributed by atoms with Gasteiger partial charge in [-0.3, -0.25) is 9.78 Å². The van der Waals surface area contributed by atoms with Gasteiger partial charge in [0.15, 0.2) is 0 Å². The van der Waals surface area contributed by atoms with Gasteiger partial charge in [0.2, 0.25) is 0 Å². The zero-order chi connectivity index (χ0) is 18.5. The van der Waals surface area contributed by atoms with Crippen molar-refractivity contribution >= 4 is 23.0 Å². The van der Waals surface area contributed by atoms with Crippen LogP contribution in [0.1, 0.15) is 21.6 Å². The van der Waals surface area contributed by atoms with Gasteiger partial charge in [-0.05, 0) is 49.7 Å². The Labute approximate surface area is 153 Å². The average molecular weight is 347 g/mol. The molecule has 0 fully saturated rings. The molecular formula is C21H21N3O2. The predicted molar refractivity (Wildman–Crippen MR) is 104 cm³/mol. The van der Waals surface area contributed by atoms with E-state index in [9.17, 15) is 4.79 Å². The Morgan fingerprint density at radius 1 is 1.00 bits per heavy atom. The van der Waals surface area contributed by atoms with Crippen molar-refractivity contribution in [2.45, 2.75) is 13.8 Å². The number of aromatic nitrogens is 1. The topological polar surface area (TPSA) is 63.2 Å². The lowest BCUT2D eigenvalue weighted by atomic mass is 10.1. The lowest BCUT2D eigenvalue weighted by Crippen LogP contribution is -2.14. The van der Waals surface area contributed by atoms with E-state index < -0.39 is 0 Å². The van der Waals surface area contributed by atoms with Gasteiger partial charge in [-0.25, -0.2) is 0 Å². The summed E-state index contributed by atoms with van der Waals surface area (Å²) in [5.74, 6) is 0.478. The number of rotatable bonds is 5. The number of pyridine rings is 1. The predicted octanol–water partition coefficient (Wildman–Crippen LogP) is 4.70. The van der Waals surface area contributed by atoms with Crippen LogP contribution in [0.2, 0.25) is 0 Å². The molecule has 2 aromatic carbocycles. The number of anilines is 3. The fourth-order valence-electron chi connectivity index (χ4n) is 2.68. The molecule has 1 heterocycles. The highest BCUT2D eigenvalue weighted by molar-refractivity contribution is 6.03. The van der Waals surface area contributed by atoms with Crippen molar-refractivity contribution in [3.8, 4) is 5.75 Å². The number of hydrogen-bond donors (Lipinski definition) is 2. The second kappa shape index (κ2) is 7.70. The standard InChI is InChI=1S/C21H21N3O2/c1-14-8-9-17(15(2)12-14)24-21(25)19-13-16(10-11-22-19)23-18-6-4-5-7-20(18)26-3/h4-13H,1-3H3,(H,22,23)(H,24,25). The molecule has 0 unspecified atom stereocenters. The van der Waals surface area contributed by atoms with Gasteiger partial charge in [-0.15, -0.1) is 0 Å². The average Bonchev–Trinajstić information content (AvgIpc) is 2.64. The number of amides is 1. The molecule has 0 atom stereocenters. The summed E-state index contributed by atoms with van der Waals surface area (Å²) in [4.78, 5) is 16.7. The first-order chi connectivity index (χ1) is 12.6. The Morgan fingerprint density at radius 2 is 1.81 bits per heavy atom. The van der Waals surface area contributed by atoms with Crippen molar-refractivity contribution in [2.75, 3.05) is 17.7 Å². The molecule has 0 aliphatic carbocycles. The number of benzene rings is 2. The Hall–Kier alpha value is -3.34. The van der Waals surface area contributed by atoms with Crippen molar-refractivity contribution in [2.24, 2.45) is 0 Å². The van der Waals surface area contributed by atoms with E-state index >= 15 is 0 Å². The number of para-hydroxylation sites is 2. The molecule has 0 saturated carbocycles. The van der Waals surface area contributed by atoms with Crippen LogP contribution in [-0.4, -0.2) is 18.0 Å². The van der Waals surface area contributed by atoms with Crippen LogP contribution in [0.4, 0.5) is 17.1 Å². The van der Waals surface area contributed by atoms with Crippen molar-refractivity contribution in [3.63, 3.8) is 0 Å². The Morgan fingerprint density at radius 3 is 2.58 bits per heavy atom. The molecule has 1 amide bonds. The second-order valence-electron chi connectivity index (χ2n) is 6.03. The first-order valence-corrected chi connectivity index (χ1v) is 8.31.